The molecule has 2 aromatic carbocycles. The van der Waals surface area contributed by atoms with Crippen LogP contribution in [0.4, 0.5) is 10.5 Å². The predicted octanol–water partition coefficient (Wildman–Crippen LogP) is 2.29. The molecule has 0 unspecified atom stereocenters. The summed E-state index contributed by atoms with van der Waals surface area (Å²) in [7, 11) is 2.13. The zero-order chi connectivity index (χ0) is 19.7. The molecule has 1 aromatic heterocycles. The first kappa shape index (κ1) is 18.1. The van der Waals surface area contributed by atoms with E-state index in [0.717, 1.165) is 54.0 Å². The molecule has 1 amide bonds. The molecular weight excluding hydrogens is 350 g/mol. The maximum Gasteiger partial charge on any atom is 0.324 e. The molecule has 2 N–H and O–H groups in total. The standard InChI is InChI=1S/C22H23N5O/c1-3-16-7-9-17(10-8-16)15-20-24-21-18(26-13-11-25(2)12-14-26)5-4-6-19(21)27(20)22(23)28/h1,4-10H,11-15H2,2H3,(H2,23,28). The van der Waals surface area contributed by atoms with Crippen LogP contribution in [-0.2, 0) is 6.42 Å². The van der Waals surface area contributed by atoms with Crippen LogP contribution < -0.4 is 10.6 Å². The van der Waals surface area contributed by atoms with Crippen LogP contribution in [0.15, 0.2) is 42.5 Å². The normalized spacial score (nSPS) is 14.9. The first-order valence-corrected chi connectivity index (χ1v) is 9.36. The number of carbonyl (C=O) groups excluding carboxylic acids is 1. The molecule has 0 bridgehead atoms. The number of para-hydroxylation sites is 1. The van der Waals surface area contributed by atoms with Gasteiger partial charge in [-0.3, -0.25) is 0 Å². The summed E-state index contributed by atoms with van der Waals surface area (Å²) >= 11 is 0. The number of nitrogens with zero attached hydrogens (tertiary/aromatic N) is 4. The van der Waals surface area contributed by atoms with Gasteiger partial charge in [0, 0.05) is 38.2 Å². The lowest BCUT2D eigenvalue weighted by Gasteiger charge is -2.34. The van der Waals surface area contributed by atoms with Crippen LogP contribution in [0.1, 0.15) is 17.0 Å². The van der Waals surface area contributed by atoms with Gasteiger partial charge in [0.15, 0.2) is 0 Å². The van der Waals surface area contributed by atoms with E-state index in [1.165, 1.54) is 4.57 Å². The first-order valence-electron chi connectivity index (χ1n) is 9.36. The summed E-state index contributed by atoms with van der Waals surface area (Å²) in [6.07, 6.45) is 5.93. The highest BCUT2D eigenvalue weighted by Crippen LogP contribution is 2.28. The molecule has 0 atom stereocenters. The Kier molecular flexibility index (Phi) is 4.76. The molecule has 3 aromatic rings. The van der Waals surface area contributed by atoms with Crippen molar-refractivity contribution in [2.24, 2.45) is 5.73 Å². The van der Waals surface area contributed by atoms with Crippen molar-refractivity contribution < 1.29 is 4.79 Å². The lowest BCUT2D eigenvalue weighted by molar-refractivity contribution is 0.250. The lowest BCUT2D eigenvalue weighted by Crippen LogP contribution is -2.44. The number of primary amides is 1. The fraction of sp³-hybridized carbons (Fsp3) is 0.273. The summed E-state index contributed by atoms with van der Waals surface area (Å²) in [5.74, 6) is 3.25. The molecule has 1 aliphatic heterocycles. The Morgan fingerprint density at radius 3 is 2.50 bits per heavy atom. The van der Waals surface area contributed by atoms with E-state index >= 15 is 0 Å². The molecule has 6 nitrogen and oxygen atoms in total. The summed E-state index contributed by atoms with van der Waals surface area (Å²) in [6, 6.07) is 13.1. The molecule has 0 saturated carbocycles. The Bertz CT molecular complexity index is 1050. The Balaban J connectivity index is 1.76. The van der Waals surface area contributed by atoms with E-state index in [9.17, 15) is 4.79 Å². The summed E-state index contributed by atoms with van der Waals surface area (Å²) in [5.41, 5.74) is 10.2. The highest BCUT2D eigenvalue weighted by Gasteiger charge is 2.21. The summed E-state index contributed by atoms with van der Waals surface area (Å²) in [4.78, 5) is 21.7. The van der Waals surface area contributed by atoms with Crippen LogP contribution in [0.2, 0.25) is 0 Å². The number of hydrogen-bond donors (Lipinski definition) is 1. The third-order valence-electron chi connectivity index (χ3n) is 5.28. The third-order valence-corrected chi connectivity index (χ3v) is 5.28. The number of terminal acetylenes is 1. The maximum absolute atomic E-state index is 12.2. The Hall–Kier alpha value is -3.30. The average Bonchev–Trinajstić information content (AvgIpc) is 3.07. The average molecular weight is 373 g/mol. The fourth-order valence-electron chi connectivity index (χ4n) is 3.70. The van der Waals surface area contributed by atoms with Gasteiger partial charge < -0.3 is 15.5 Å². The van der Waals surface area contributed by atoms with E-state index in [2.05, 4.69) is 28.8 Å². The van der Waals surface area contributed by atoms with Crippen LogP contribution in [-0.4, -0.2) is 53.7 Å². The first-order chi connectivity index (χ1) is 13.6. The smallest absolute Gasteiger partial charge is 0.324 e. The van der Waals surface area contributed by atoms with E-state index in [0.29, 0.717) is 12.2 Å². The van der Waals surface area contributed by atoms with Gasteiger partial charge >= 0.3 is 6.03 Å². The molecule has 4 rings (SSSR count). The number of imidazole rings is 1. The van der Waals surface area contributed by atoms with E-state index in [1.54, 1.807) is 0 Å². The summed E-state index contributed by atoms with van der Waals surface area (Å²) < 4.78 is 1.52. The van der Waals surface area contributed by atoms with Crippen LogP contribution in [0.3, 0.4) is 0 Å². The second-order valence-electron chi connectivity index (χ2n) is 7.15. The molecule has 2 heterocycles. The second kappa shape index (κ2) is 7.37. The van der Waals surface area contributed by atoms with Crippen LogP contribution in [0, 0.1) is 12.3 Å². The number of amides is 1. The van der Waals surface area contributed by atoms with Crippen LogP contribution in [0.5, 0.6) is 0 Å². The van der Waals surface area contributed by atoms with Gasteiger partial charge in [-0.1, -0.05) is 24.1 Å². The van der Waals surface area contributed by atoms with Gasteiger partial charge in [0.2, 0.25) is 0 Å². The molecule has 1 aliphatic rings. The molecule has 6 heteroatoms. The van der Waals surface area contributed by atoms with E-state index in [-0.39, 0.29) is 0 Å². The molecule has 142 valence electrons. The van der Waals surface area contributed by atoms with E-state index in [4.69, 9.17) is 17.1 Å². The van der Waals surface area contributed by atoms with Gasteiger partial charge in [0.05, 0.1) is 11.2 Å². The van der Waals surface area contributed by atoms with Crippen molar-refractivity contribution >= 4 is 22.8 Å². The van der Waals surface area contributed by atoms with Crippen LogP contribution in [0.25, 0.3) is 11.0 Å². The van der Waals surface area contributed by atoms with Crippen molar-refractivity contribution in [2.45, 2.75) is 6.42 Å². The predicted molar refractivity (Wildman–Crippen MR) is 112 cm³/mol. The number of fused-ring (bicyclic) bond motifs is 1. The minimum atomic E-state index is -0.520. The van der Waals surface area contributed by atoms with E-state index < -0.39 is 6.03 Å². The maximum atomic E-state index is 12.2. The van der Waals surface area contributed by atoms with Crippen molar-refractivity contribution in [2.75, 3.05) is 38.1 Å². The third kappa shape index (κ3) is 3.32. The monoisotopic (exact) mass is 373 g/mol. The molecule has 0 radical (unpaired) electrons. The zero-order valence-corrected chi connectivity index (χ0v) is 15.9. The number of piperazine rings is 1. The topological polar surface area (TPSA) is 67.4 Å². The lowest BCUT2D eigenvalue weighted by atomic mass is 10.1. The number of nitrogens with two attached hydrogens (primary N) is 1. The minimum absolute atomic E-state index is 0.505. The number of likely N-dealkylation sites (N-methyl/N-ethyl adjacent to an activating group) is 1. The van der Waals surface area contributed by atoms with Crippen molar-refractivity contribution in [3.63, 3.8) is 0 Å². The number of aromatic nitrogens is 2. The molecule has 1 fully saturated rings. The molecule has 0 aliphatic carbocycles. The van der Waals surface area contributed by atoms with Crippen molar-refractivity contribution in [1.29, 1.82) is 0 Å². The van der Waals surface area contributed by atoms with Crippen molar-refractivity contribution in [3.8, 4) is 12.3 Å². The van der Waals surface area contributed by atoms with Gasteiger partial charge in [-0.05, 0) is 36.9 Å². The van der Waals surface area contributed by atoms with Crippen molar-refractivity contribution in [3.05, 3.63) is 59.4 Å². The second-order valence-corrected chi connectivity index (χ2v) is 7.15. The number of anilines is 1. The summed E-state index contributed by atoms with van der Waals surface area (Å²) in [5, 5.41) is 0. The van der Waals surface area contributed by atoms with Gasteiger partial charge in [-0.25, -0.2) is 14.3 Å². The largest absolute Gasteiger partial charge is 0.367 e. The Labute approximate surface area is 164 Å². The van der Waals surface area contributed by atoms with Gasteiger partial charge in [0.25, 0.3) is 0 Å². The molecule has 0 spiro atoms. The molecule has 28 heavy (non-hydrogen) atoms. The molecular formula is C22H23N5O. The van der Waals surface area contributed by atoms with Gasteiger partial charge in [0.1, 0.15) is 11.3 Å². The fourth-order valence-corrected chi connectivity index (χ4v) is 3.70. The highest BCUT2D eigenvalue weighted by atomic mass is 16.2. The SMILES string of the molecule is C#Cc1ccc(Cc2nc3c(N4CCN(C)CC4)cccc3n2C(N)=O)cc1. The quantitative estimate of drug-likeness (QED) is 0.716. The van der Waals surface area contributed by atoms with Gasteiger partial charge in [-0.2, -0.15) is 0 Å². The Morgan fingerprint density at radius 2 is 1.86 bits per heavy atom. The highest BCUT2D eigenvalue weighted by molar-refractivity contribution is 5.96. The Morgan fingerprint density at radius 1 is 1.14 bits per heavy atom. The summed E-state index contributed by atoms with van der Waals surface area (Å²) in [6.45, 7) is 3.87. The van der Waals surface area contributed by atoms with Gasteiger partial charge in [-0.15, -0.1) is 6.42 Å². The van der Waals surface area contributed by atoms with E-state index in [1.807, 2.05) is 36.4 Å². The zero-order valence-electron chi connectivity index (χ0n) is 15.9. The number of benzene rings is 2. The number of carbonyl (C=O) groups is 1. The molecule has 1 saturated heterocycles. The number of rotatable bonds is 3. The minimum Gasteiger partial charge on any atom is -0.367 e. The number of hydrogen-bond acceptors (Lipinski definition) is 4. The van der Waals surface area contributed by atoms with Crippen molar-refractivity contribution in [1.82, 2.24) is 14.5 Å². The van der Waals surface area contributed by atoms with Crippen LogP contribution >= 0.6 is 0 Å².